The minimum atomic E-state index is -4.94. The molecule has 330 valence electrons. The van der Waals surface area contributed by atoms with E-state index < -0.39 is 91.5 Å². The Balaban J connectivity index is 1.33. The molecule has 3 fully saturated rings. The Kier molecular flexibility index (Phi) is 12.5. The van der Waals surface area contributed by atoms with E-state index in [0.717, 1.165) is 24.2 Å². The van der Waals surface area contributed by atoms with Gasteiger partial charge in [0.15, 0.2) is 11.4 Å². The average molecular weight is 866 g/mol. The fourth-order valence-corrected chi connectivity index (χ4v) is 9.68. The van der Waals surface area contributed by atoms with Crippen LogP contribution in [0.5, 0.6) is 11.5 Å². The van der Waals surface area contributed by atoms with E-state index in [2.05, 4.69) is 27.3 Å². The number of likely N-dealkylation sites (tertiary alicyclic amines) is 1. The lowest BCUT2D eigenvalue weighted by Gasteiger charge is -2.37. The van der Waals surface area contributed by atoms with Gasteiger partial charge in [-0.1, -0.05) is 31.9 Å². The van der Waals surface area contributed by atoms with Crippen molar-refractivity contribution in [2.45, 2.75) is 126 Å². The summed E-state index contributed by atoms with van der Waals surface area (Å²) in [6, 6.07) is 3.08. The van der Waals surface area contributed by atoms with Crippen LogP contribution in [-0.2, 0) is 46.5 Å². The Labute approximate surface area is 347 Å². The molecule has 2 aromatic rings. The molecule has 19 heteroatoms. The molecule has 1 aromatic heterocycles. The molecule has 2 aliphatic heterocycles. The molecule has 4 amide bonds. The lowest BCUT2D eigenvalue weighted by atomic mass is 9.87. The predicted molar refractivity (Wildman–Crippen MR) is 212 cm³/mol. The summed E-state index contributed by atoms with van der Waals surface area (Å²) in [6.07, 6.45) is 1.77. The number of halogens is 3. The number of rotatable bonds is 15. The lowest BCUT2D eigenvalue weighted by Crippen LogP contribution is -2.58. The Bertz CT molecular complexity index is 2160. The molecule has 1 aromatic carbocycles. The molecule has 0 bridgehead atoms. The highest BCUT2D eigenvalue weighted by atomic mass is 32.2. The van der Waals surface area contributed by atoms with Crippen LogP contribution in [0.25, 0.3) is 10.9 Å². The Morgan fingerprint density at radius 2 is 1.80 bits per heavy atom. The van der Waals surface area contributed by atoms with Gasteiger partial charge in [-0.15, -0.1) is 0 Å². The summed E-state index contributed by atoms with van der Waals surface area (Å²) in [5, 5.41) is 5.53. The summed E-state index contributed by atoms with van der Waals surface area (Å²) in [5.41, 5.74) is -5.11. The third-order valence-electron chi connectivity index (χ3n) is 11.6. The zero-order valence-electron chi connectivity index (χ0n) is 34.8. The number of benzene rings is 1. The molecule has 4 aliphatic rings. The fourth-order valence-electron chi connectivity index (χ4n) is 8.12. The second-order valence-electron chi connectivity index (χ2n) is 17.3. The highest BCUT2D eigenvalue weighted by molar-refractivity contribution is 7.91. The minimum Gasteiger partial charge on any atom is -0.497 e. The first kappa shape index (κ1) is 44.9. The topological polar surface area (TPSA) is 192 Å². The number of hydrogen-bond acceptors (Lipinski definition) is 11. The molecule has 6 rings (SSSR count). The maximum Gasteiger partial charge on any atom is 0.437 e. The molecule has 0 radical (unpaired) electrons. The summed E-state index contributed by atoms with van der Waals surface area (Å²) < 4.78 is 94.0. The van der Waals surface area contributed by atoms with Gasteiger partial charge in [0, 0.05) is 30.4 Å². The summed E-state index contributed by atoms with van der Waals surface area (Å²) in [5.74, 6) is -3.32. The van der Waals surface area contributed by atoms with Crippen LogP contribution < -0.4 is 24.8 Å². The van der Waals surface area contributed by atoms with Crippen molar-refractivity contribution in [3.8, 4) is 11.5 Å². The van der Waals surface area contributed by atoms with E-state index >= 15 is 0 Å². The van der Waals surface area contributed by atoms with Crippen LogP contribution in [0.15, 0.2) is 30.4 Å². The SMILES string of the molecule is CCCCCC=CC1CC1(NC(=O)C1CC2(CCc3c(c(C(F)(F)F)nc4ccc(OC)cc34)O2)CN1C(=O)CNC(=O)OC(C)(C)C)C(=O)NS(=O)(=O)C1(COC)CC1. The highest BCUT2D eigenvalue weighted by Crippen LogP contribution is 2.50. The van der Waals surface area contributed by atoms with Crippen molar-refractivity contribution in [1.29, 1.82) is 0 Å². The van der Waals surface area contributed by atoms with Gasteiger partial charge in [0.05, 0.1) is 25.8 Å². The molecular weight excluding hydrogens is 812 g/mol. The molecular formula is C41H54F3N5O10S. The van der Waals surface area contributed by atoms with Gasteiger partial charge in [-0.3, -0.25) is 19.1 Å². The number of ether oxygens (including phenoxy) is 4. The number of amides is 4. The van der Waals surface area contributed by atoms with Crippen molar-refractivity contribution in [2.24, 2.45) is 5.92 Å². The first-order valence-electron chi connectivity index (χ1n) is 20.2. The monoisotopic (exact) mass is 865 g/mol. The number of alkyl halides is 3. The standard InChI is InChI=1S/C41H54F3N5O10S/c1-7-8-9-10-11-12-25-20-40(25,35(52)48-60(54,55)39(17-18-39)24-56-5)47-34(51)30-21-38(23-49(30)31(50)22-45-36(53)59-37(2,3)4)16-15-27-28-19-26(57-6)13-14-29(28)46-33(32(27)58-38)41(42,43)44/h11-14,19,25,30H,7-10,15-18,20-24H2,1-6H3,(H,45,53)(H,47,51)(H,48,52). The van der Waals surface area contributed by atoms with Gasteiger partial charge in [0.2, 0.25) is 21.8 Å². The number of nitrogens with one attached hydrogen (secondary N) is 3. The van der Waals surface area contributed by atoms with E-state index in [-0.39, 0.29) is 62.8 Å². The number of fused-ring (bicyclic) bond motifs is 3. The number of pyridine rings is 1. The fraction of sp³-hybridized carbons (Fsp3) is 0.634. The van der Waals surface area contributed by atoms with Crippen LogP contribution in [0.2, 0.25) is 0 Å². The molecule has 1 spiro atoms. The van der Waals surface area contributed by atoms with Crippen molar-refractivity contribution in [1.82, 2.24) is 25.2 Å². The normalized spacial score (nSPS) is 24.4. The van der Waals surface area contributed by atoms with Crippen molar-refractivity contribution >= 4 is 44.7 Å². The number of aryl methyl sites for hydroxylation is 1. The molecule has 4 atom stereocenters. The van der Waals surface area contributed by atoms with E-state index in [1.165, 1.54) is 26.4 Å². The van der Waals surface area contributed by atoms with Gasteiger partial charge in [0.25, 0.3) is 5.91 Å². The third-order valence-corrected chi connectivity index (χ3v) is 13.7. The highest BCUT2D eigenvalue weighted by Gasteiger charge is 2.64. The molecule has 2 aliphatic carbocycles. The second kappa shape index (κ2) is 16.7. The summed E-state index contributed by atoms with van der Waals surface area (Å²) in [6.45, 7) is 5.82. The molecule has 3 N–H and O–H groups in total. The second-order valence-corrected chi connectivity index (χ2v) is 19.4. The molecule has 3 heterocycles. The van der Waals surface area contributed by atoms with Crippen molar-refractivity contribution in [3.05, 3.63) is 41.6 Å². The van der Waals surface area contributed by atoms with Crippen molar-refractivity contribution in [3.63, 3.8) is 0 Å². The quantitative estimate of drug-likeness (QED) is 0.160. The number of unbranched alkanes of at least 4 members (excludes halogenated alkanes) is 3. The number of carbonyl (C=O) groups is 4. The maximum atomic E-state index is 14.7. The van der Waals surface area contributed by atoms with Crippen LogP contribution in [0.1, 0.15) is 96.7 Å². The van der Waals surface area contributed by atoms with Crippen molar-refractivity contribution < 1.29 is 59.7 Å². The first-order chi connectivity index (χ1) is 28.1. The van der Waals surface area contributed by atoms with Crippen LogP contribution in [-0.4, -0.2) is 104 Å². The molecule has 15 nitrogen and oxygen atoms in total. The number of methoxy groups -OCH3 is 2. The van der Waals surface area contributed by atoms with E-state index in [4.69, 9.17) is 18.9 Å². The van der Waals surface area contributed by atoms with Gasteiger partial charge in [0.1, 0.15) is 39.8 Å². The van der Waals surface area contributed by atoms with Gasteiger partial charge in [-0.05, 0) is 83.9 Å². The number of carbonyl (C=O) groups excluding carboxylic acids is 4. The Morgan fingerprint density at radius 1 is 1.07 bits per heavy atom. The summed E-state index contributed by atoms with van der Waals surface area (Å²) >= 11 is 0. The van der Waals surface area contributed by atoms with Crippen LogP contribution in [0.4, 0.5) is 18.0 Å². The Hall–Kier alpha value is -4.65. The molecule has 4 unspecified atom stereocenters. The summed E-state index contributed by atoms with van der Waals surface area (Å²) in [4.78, 5) is 60.2. The molecule has 60 heavy (non-hydrogen) atoms. The van der Waals surface area contributed by atoms with Gasteiger partial charge in [-0.2, -0.15) is 13.2 Å². The van der Waals surface area contributed by atoms with Gasteiger partial charge < -0.3 is 34.5 Å². The van der Waals surface area contributed by atoms with E-state index in [1.54, 1.807) is 32.9 Å². The van der Waals surface area contributed by atoms with Gasteiger partial charge >= 0.3 is 12.3 Å². The number of aromatic nitrogens is 1. The van der Waals surface area contributed by atoms with E-state index in [1.807, 2.05) is 6.08 Å². The van der Waals surface area contributed by atoms with Crippen molar-refractivity contribution in [2.75, 3.05) is 33.9 Å². The molecule has 2 saturated carbocycles. The maximum absolute atomic E-state index is 14.7. The van der Waals surface area contributed by atoms with E-state index in [0.29, 0.717) is 17.6 Å². The summed E-state index contributed by atoms with van der Waals surface area (Å²) in [7, 11) is -1.46. The number of allylic oxidation sites excluding steroid dienone is 1. The smallest absolute Gasteiger partial charge is 0.437 e. The molecule has 1 saturated heterocycles. The number of sulfonamides is 1. The minimum absolute atomic E-state index is 0.0503. The first-order valence-corrected chi connectivity index (χ1v) is 21.7. The largest absolute Gasteiger partial charge is 0.497 e. The third kappa shape index (κ3) is 9.31. The van der Waals surface area contributed by atoms with Gasteiger partial charge in [-0.25, -0.2) is 18.2 Å². The van der Waals surface area contributed by atoms with E-state index in [9.17, 15) is 40.8 Å². The Morgan fingerprint density at radius 3 is 2.43 bits per heavy atom. The predicted octanol–water partition coefficient (Wildman–Crippen LogP) is 5.09. The number of nitrogens with zero attached hydrogens (tertiary/aromatic N) is 2. The van der Waals surface area contributed by atoms with Crippen LogP contribution in [0, 0.1) is 5.92 Å². The zero-order valence-corrected chi connectivity index (χ0v) is 35.6. The lowest BCUT2D eigenvalue weighted by molar-refractivity contribution is -0.144. The van der Waals surface area contributed by atoms with Crippen LogP contribution in [0.3, 0.4) is 0 Å². The number of alkyl carbamates (subject to hydrolysis) is 1. The van der Waals surface area contributed by atoms with Crippen LogP contribution >= 0.6 is 0 Å². The average Bonchev–Trinajstić information content (AvgIpc) is 4.08. The zero-order chi connectivity index (χ0) is 43.9. The number of hydrogen-bond donors (Lipinski definition) is 3.